The first-order chi connectivity index (χ1) is 12.2. The standard InChI is InChI=1S/C17H20N4O4/c22-16-10-18-5-7-21(16)12-3-1-6-20(11-12)17(23)13-9-15(25-19-13)14-4-2-8-24-14/h2,4,8-9,12,18H,1,3,5-7,10-11H2. The van der Waals surface area contributed by atoms with E-state index in [1.807, 2.05) is 4.90 Å². The fourth-order valence-electron chi connectivity index (χ4n) is 3.47. The molecule has 132 valence electrons. The Morgan fingerprint density at radius 2 is 2.24 bits per heavy atom. The summed E-state index contributed by atoms with van der Waals surface area (Å²) < 4.78 is 10.5. The zero-order valence-corrected chi connectivity index (χ0v) is 13.8. The Hall–Kier alpha value is -2.61. The summed E-state index contributed by atoms with van der Waals surface area (Å²) in [5.74, 6) is 0.898. The molecule has 0 aliphatic carbocycles. The Kier molecular flexibility index (Phi) is 4.27. The van der Waals surface area contributed by atoms with E-state index in [2.05, 4.69) is 10.5 Å². The van der Waals surface area contributed by atoms with E-state index in [4.69, 9.17) is 8.94 Å². The Labute approximate surface area is 144 Å². The molecule has 8 nitrogen and oxygen atoms in total. The average molecular weight is 344 g/mol. The van der Waals surface area contributed by atoms with Crippen molar-refractivity contribution in [3.05, 3.63) is 30.2 Å². The van der Waals surface area contributed by atoms with Crippen LogP contribution < -0.4 is 5.32 Å². The summed E-state index contributed by atoms with van der Waals surface area (Å²) in [4.78, 5) is 28.5. The number of hydrogen-bond donors (Lipinski definition) is 1. The number of nitrogens with zero attached hydrogens (tertiary/aromatic N) is 3. The number of amides is 2. The number of rotatable bonds is 3. The largest absolute Gasteiger partial charge is 0.461 e. The molecule has 2 aromatic rings. The van der Waals surface area contributed by atoms with Gasteiger partial charge in [0.1, 0.15) is 0 Å². The maximum absolute atomic E-state index is 12.7. The van der Waals surface area contributed by atoms with Crippen molar-refractivity contribution in [1.82, 2.24) is 20.3 Å². The summed E-state index contributed by atoms with van der Waals surface area (Å²) in [7, 11) is 0. The minimum Gasteiger partial charge on any atom is -0.461 e. The number of furan rings is 1. The van der Waals surface area contributed by atoms with Gasteiger partial charge in [-0.3, -0.25) is 9.59 Å². The van der Waals surface area contributed by atoms with Gasteiger partial charge in [-0.2, -0.15) is 0 Å². The van der Waals surface area contributed by atoms with Crippen molar-refractivity contribution in [2.24, 2.45) is 0 Å². The Balaban J connectivity index is 1.46. The van der Waals surface area contributed by atoms with E-state index in [0.717, 1.165) is 19.4 Å². The third-order valence-corrected chi connectivity index (χ3v) is 4.74. The van der Waals surface area contributed by atoms with Crippen molar-refractivity contribution in [1.29, 1.82) is 0 Å². The number of aromatic nitrogens is 1. The molecule has 0 saturated carbocycles. The molecule has 4 rings (SSSR count). The molecule has 2 aliphatic heterocycles. The zero-order valence-electron chi connectivity index (χ0n) is 13.8. The number of carbonyl (C=O) groups excluding carboxylic acids is 2. The van der Waals surface area contributed by atoms with Gasteiger partial charge in [0.2, 0.25) is 11.7 Å². The second-order valence-corrected chi connectivity index (χ2v) is 6.36. The summed E-state index contributed by atoms with van der Waals surface area (Å²) in [5, 5.41) is 6.96. The van der Waals surface area contributed by atoms with Gasteiger partial charge in [0.25, 0.3) is 5.91 Å². The van der Waals surface area contributed by atoms with Gasteiger partial charge in [0.05, 0.1) is 12.8 Å². The lowest BCUT2D eigenvalue weighted by Gasteiger charge is -2.40. The second kappa shape index (κ2) is 6.72. The molecule has 0 aromatic carbocycles. The average Bonchev–Trinajstić information content (AvgIpc) is 3.33. The van der Waals surface area contributed by atoms with Crippen LogP contribution in [-0.2, 0) is 4.79 Å². The van der Waals surface area contributed by atoms with Gasteiger partial charge in [-0.05, 0) is 25.0 Å². The fourth-order valence-corrected chi connectivity index (χ4v) is 3.47. The number of hydrogen-bond acceptors (Lipinski definition) is 6. The van der Waals surface area contributed by atoms with Crippen LogP contribution in [0.25, 0.3) is 11.5 Å². The normalized spacial score (nSPS) is 21.6. The van der Waals surface area contributed by atoms with Gasteiger partial charge in [-0.15, -0.1) is 0 Å². The van der Waals surface area contributed by atoms with Gasteiger partial charge in [0.15, 0.2) is 11.5 Å². The SMILES string of the molecule is O=C(c1cc(-c2ccco2)on1)N1CCCC(N2CCNCC2=O)C1. The quantitative estimate of drug-likeness (QED) is 0.892. The van der Waals surface area contributed by atoms with Gasteiger partial charge >= 0.3 is 0 Å². The Morgan fingerprint density at radius 1 is 1.32 bits per heavy atom. The highest BCUT2D eigenvalue weighted by atomic mass is 16.5. The molecule has 1 unspecified atom stereocenters. The molecule has 1 N–H and O–H groups in total. The molecule has 0 radical (unpaired) electrons. The van der Waals surface area contributed by atoms with Crippen molar-refractivity contribution in [3.63, 3.8) is 0 Å². The Morgan fingerprint density at radius 3 is 3.04 bits per heavy atom. The van der Waals surface area contributed by atoms with E-state index in [-0.39, 0.29) is 23.6 Å². The smallest absolute Gasteiger partial charge is 0.276 e. The highest BCUT2D eigenvalue weighted by Crippen LogP contribution is 2.23. The summed E-state index contributed by atoms with van der Waals surface area (Å²) in [6, 6.07) is 5.17. The second-order valence-electron chi connectivity index (χ2n) is 6.36. The molecule has 2 amide bonds. The molecule has 2 fully saturated rings. The lowest BCUT2D eigenvalue weighted by Crippen LogP contribution is -2.57. The first kappa shape index (κ1) is 15.9. The maximum Gasteiger partial charge on any atom is 0.276 e. The molecule has 0 spiro atoms. The van der Waals surface area contributed by atoms with Crippen LogP contribution in [0.3, 0.4) is 0 Å². The van der Waals surface area contributed by atoms with Gasteiger partial charge in [-0.25, -0.2) is 0 Å². The van der Waals surface area contributed by atoms with Crippen LogP contribution in [0.2, 0.25) is 0 Å². The zero-order chi connectivity index (χ0) is 17.2. The fraction of sp³-hybridized carbons (Fsp3) is 0.471. The molecule has 4 heterocycles. The topological polar surface area (TPSA) is 91.8 Å². The van der Waals surface area contributed by atoms with Crippen LogP contribution in [-0.4, -0.2) is 65.5 Å². The highest BCUT2D eigenvalue weighted by molar-refractivity contribution is 5.93. The molecule has 1 atom stereocenters. The van der Waals surface area contributed by atoms with Crippen molar-refractivity contribution in [2.45, 2.75) is 18.9 Å². The summed E-state index contributed by atoms with van der Waals surface area (Å²) in [6.45, 7) is 3.07. The van der Waals surface area contributed by atoms with Gasteiger partial charge in [0, 0.05) is 38.3 Å². The minimum atomic E-state index is -0.172. The van der Waals surface area contributed by atoms with Crippen LogP contribution in [0.4, 0.5) is 0 Å². The number of carbonyl (C=O) groups is 2. The van der Waals surface area contributed by atoms with E-state index in [0.29, 0.717) is 37.7 Å². The van der Waals surface area contributed by atoms with Gasteiger partial charge in [-0.1, -0.05) is 5.16 Å². The molecule has 2 saturated heterocycles. The number of likely N-dealkylation sites (tertiary alicyclic amines) is 1. The van der Waals surface area contributed by atoms with E-state index in [1.54, 1.807) is 29.4 Å². The first-order valence-corrected chi connectivity index (χ1v) is 8.52. The molecule has 2 aliphatic rings. The van der Waals surface area contributed by atoms with Crippen LogP contribution in [0, 0.1) is 0 Å². The molecule has 2 aromatic heterocycles. The molecule has 25 heavy (non-hydrogen) atoms. The highest BCUT2D eigenvalue weighted by Gasteiger charge is 2.32. The first-order valence-electron chi connectivity index (χ1n) is 8.52. The van der Waals surface area contributed by atoms with Gasteiger partial charge < -0.3 is 24.1 Å². The van der Waals surface area contributed by atoms with Crippen molar-refractivity contribution in [2.75, 3.05) is 32.7 Å². The number of piperazine rings is 1. The van der Waals surface area contributed by atoms with Crippen LogP contribution >= 0.6 is 0 Å². The third kappa shape index (κ3) is 3.17. The van der Waals surface area contributed by atoms with Crippen LogP contribution in [0.15, 0.2) is 33.4 Å². The van der Waals surface area contributed by atoms with E-state index < -0.39 is 0 Å². The number of nitrogens with one attached hydrogen (secondary N) is 1. The van der Waals surface area contributed by atoms with E-state index >= 15 is 0 Å². The summed E-state index contributed by atoms with van der Waals surface area (Å²) in [6.07, 6.45) is 3.33. The lowest BCUT2D eigenvalue weighted by atomic mass is 10.0. The number of piperidine rings is 1. The predicted octanol–water partition coefficient (Wildman–Crippen LogP) is 0.971. The minimum absolute atomic E-state index is 0.0729. The molecular formula is C17H20N4O4. The van der Waals surface area contributed by atoms with Crippen LogP contribution in [0.1, 0.15) is 23.3 Å². The van der Waals surface area contributed by atoms with Crippen molar-refractivity contribution < 1.29 is 18.5 Å². The lowest BCUT2D eigenvalue weighted by molar-refractivity contribution is -0.135. The monoisotopic (exact) mass is 344 g/mol. The summed E-state index contributed by atoms with van der Waals surface area (Å²) >= 11 is 0. The maximum atomic E-state index is 12.7. The Bertz CT molecular complexity index is 755. The third-order valence-electron chi connectivity index (χ3n) is 4.74. The van der Waals surface area contributed by atoms with E-state index in [1.165, 1.54) is 0 Å². The molecule has 0 bridgehead atoms. The predicted molar refractivity (Wildman–Crippen MR) is 87.7 cm³/mol. The molecule has 8 heteroatoms. The van der Waals surface area contributed by atoms with Crippen molar-refractivity contribution in [3.8, 4) is 11.5 Å². The molecular weight excluding hydrogens is 324 g/mol. The summed E-state index contributed by atoms with van der Waals surface area (Å²) in [5.41, 5.74) is 0.263. The van der Waals surface area contributed by atoms with Crippen LogP contribution in [0.5, 0.6) is 0 Å². The van der Waals surface area contributed by atoms with Crippen molar-refractivity contribution >= 4 is 11.8 Å². The van der Waals surface area contributed by atoms with E-state index in [9.17, 15) is 9.59 Å².